The summed E-state index contributed by atoms with van der Waals surface area (Å²) in [6.45, 7) is 5.82. The van der Waals surface area contributed by atoms with E-state index < -0.39 is 46.4 Å². The molecule has 1 aliphatic rings. The van der Waals surface area contributed by atoms with Gasteiger partial charge in [0.2, 0.25) is 5.43 Å². The van der Waals surface area contributed by atoms with Gasteiger partial charge in [-0.2, -0.15) is 0 Å². The summed E-state index contributed by atoms with van der Waals surface area (Å²) < 4.78 is 28.4. The summed E-state index contributed by atoms with van der Waals surface area (Å²) in [5.74, 6) is -3.98. The Morgan fingerprint density at radius 3 is 2.53 bits per heavy atom. The van der Waals surface area contributed by atoms with Crippen LogP contribution in [0.1, 0.15) is 38.9 Å². The number of carbonyl (C=O) groups is 2. The third-order valence-corrected chi connectivity index (χ3v) is 5.97. The molecule has 0 aliphatic carbocycles. The Morgan fingerprint density at radius 1 is 1.17 bits per heavy atom. The molecule has 2 aromatic carbocycles. The fourth-order valence-electron chi connectivity index (χ4n) is 4.15. The molecule has 0 saturated heterocycles. The zero-order valence-electron chi connectivity index (χ0n) is 19.4. The molecule has 2 N–H and O–H groups in total. The van der Waals surface area contributed by atoms with Crippen molar-refractivity contribution in [3.63, 3.8) is 0 Å². The molecule has 0 fully saturated rings. The average molecular weight is 494 g/mol. The minimum Gasteiger partial charge on any atom is -0.502 e. The highest BCUT2D eigenvalue weighted by molar-refractivity contribution is 5.99. The maximum Gasteiger partial charge on any atom is 0.278 e. The maximum absolute atomic E-state index is 14.0. The van der Waals surface area contributed by atoms with Crippen molar-refractivity contribution in [3.05, 3.63) is 112 Å². The van der Waals surface area contributed by atoms with Gasteiger partial charge in [0.1, 0.15) is 23.4 Å². The molecule has 10 heteroatoms. The van der Waals surface area contributed by atoms with Crippen LogP contribution < -0.4 is 15.8 Å². The number of fused-ring (bicyclic) bond motifs is 1. The number of nitrogens with zero attached hydrogens (tertiary/aromatic N) is 3. The van der Waals surface area contributed by atoms with E-state index in [-0.39, 0.29) is 30.9 Å². The summed E-state index contributed by atoms with van der Waals surface area (Å²) in [5.41, 5.74) is -0.885. The minimum absolute atomic E-state index is 0.0122. The lowest BCUT2D eigenvalue weighted by atomic mass is 10.1. The van der Waals surface area contributed by atoms with E-state index in [9.17, 15) is 28.3 Å². The zero-order valence-corrected chi connectivity index (χ0v) is 19.4. The lowest BCUT2D eigenvalue weighted by molar-refractivity contribution is 0.0628. The van der Waals surface area contributed by atoms with Gasteiger partial charge in [0.05, 0.1) is 6.54 Å². The summed E-state index contributed by atoms with van der Waals surface area (Å²) in [5, 5.41) is 14.8. The molecule has 186 valence electrons. The van der Waals surface area contributed by atoms with Gasteiger partial charge in [-0.15, -0.1) is 0 Å². The Kier molecular flexibility index (Phi) is 6.86. The van der Waals surface area contributed by atoms with Gasteiger partial charge in [0.25, 0.3) is 11.8 Å². The molecular weight excluding hydrogens is 470 g/mol. The van der Waals surface area contributed by atoms with Crippen LogP contribution in [-0.4, -0.2) is 39.2 Å². The number of benzene rings is 2. The van der Waals surface area contributed by atoms with Crippen molar-refractivity contribution in [2.24, 2.45) is 0 Å². The third-order valence-electron chi connectivity index (χ3n) is 5.97. The zero-order chi connectivity index (χ0) is 26.0. The van der Waals surface area contributed by atoms with Crippen LogP contribution >= 0.6 is 0 Å². The molecule has 2 amide bonds. The second-order valence-corrected chi connectivity index (χ2v) is 8.16. The SMILES string of the molecule is C=C[C@H]1N(CC)C(=O)c2c(O)c(=O)c(C(=O)NCc3ccc(F)cc3F)cn2N1Cc1ccccc1. The molecule has 8 nitrogen and oxygen atoms in total. The monoisotopic (exact) mass is 494 g/mol. The molecule has 1 aromatic heterocycles. The lowest BCUT2D eigenvalue weighted by Gasteiger charge is -2.45. The molecule has 0 radical (unpaired) electrons. The van der Waals surface area contributed by atoms with E-state index in [1.165, 1.54) is 21.8 Å². The molecule has 36 heavy (non-hydrogen) atoms. The molecule has 0 spiro atoms. The molecule has 2 heterocycles. The normalized spacial score (nSPS) is 15.0. The lowest BCUT2D eigenvalue weighted by Crippen LogP contribution is -2.60. The van der Waals surface area contributed by atoms with E-state index in [1.54, 1.807) is 18.0 Å². The van der Waals surface area contributed by atoms with Crippen molar-refractivity contribution in [3.8, 4) is 5.75 Å². The number of rotatable bonds is 7. The van der Waals surface area contributed by atoms with E-state index in [0.717, 1.165) is 11.6 Å². The topological polar surface area (TPSA) is 94.9 Å². The van der Waals surface area contributed by atoms with E-state index in [4.69, 9.17) is 0 Å². The van der Waals surface area contributed by atoms with Crippen LogP contribution in [-0.2, 0) is 13.1 Å². The first kappa shape index (κ1) is 24.6. The van der Waals surface area contributed by atoms with Crippen molar-refractivity contribution in [2.45, 2.75) is 26.2 Å². The first-order chi connectivity index (χ1) is 17.3. The number of aromatic hydroxyl groups is 1. The van der Waals surface area contributed by atoms with Crippen LogP contribution in [0.2, 0.25) is 0 Å². The van der Waals surface area contributed by atoms with Gasteiger partial charge in [-0.1, -0.05) is 43.0 Å². The number of hydrogen-bond donors (Lipinski definition) is 2. The van der Waals surface area contributed by atoms with Gasteiger partial charge in [-0.05, 0) is 24.6 Å². The van der Waals surface area contributed by atoms with Crippen LogP contribution in [0.4, 0.5) is 8.78 Å². The number of nitrogens with one attached hydrogen (secondary N) is 1. The van der Waals surface area contributed by atoms with Gasteiger partial charge < -0.3 is 15.3 Å². The number of likely N-dealkylation sites (N-methyl/N-ethyl adjacent to an activating group) is 1. The predicted octanol–water partition coefficient (Wildman–Crippen LogP) is 2.89. The quantitative estimate of drug-likeness (QED) is 0.493. The smallest absolute Gasteiger partial charge is 0.278 e. The highest BCUT2D eigenvalue weighted by Crippen LogP contribution is 2.26. The fraction of sp³-hybridized carbons (Fsp3) is 0.192. The van der Waals surface area contributed by atoms with Gasteiger partial charge in [-0.25, -0.2) is 8.78 Å². The average Bonchev–Trinajstić information content (AvgIpc) is 2.86. The van der Waals surface area contributed by atoms with Gasteiger partial charge in [0, 0.05) is 30.9 Å². The van der Waals surface area contributed by atoms with Crippen molar-refractivity contribution in [2.75, 3.05) is 11.6 Å². The molecule has 0 saturated carbocycles. The Hall–Kier alpha value is -4.47. The third kappa shape index (κ3) is 4.45. The van der Waals surface area contributed by atoms with Crippen molar-refractivity contribution in [1.29, 1.82) is 0 Å². The largest absolute Gasteiger partial charge is 0.502 e. The number of pyridine rings is 1. The van der Waals surface area contributed by atoms with E-state index in [1.807, 2.05) is 30.3 Å². The van der Waals surface area contributed by atoms with Crippen molar-refractivity contribution >= 4 is 11.8 Å². The Balaban J connectivity index is 1.76. The predicted molar refractivity (Wildman–Crippen MR) is 129 cm³/mol. The molecule has 4 rings (SSSR count). The van der Waals surface area contributed by atoms with Gasteiger partial charge in [-0.3, -0.25) is 24.1 Å². The van der Waals surface area contributed by atoms with E-state index in [2.05, 4.69) is 11.9 Å². The maximum atomic E-state index is 14.0. The standard InChI is InChI=1S/C26H24F2N4O4/c1-3-21-30(4-2)26(36)22-24(34)23(33)19(15-32(22)31(21)14-16-8-6-5-7-9-16)25(35)29-13-17-10-11-18(27)12-20(17)28/h3,5-12,15,21,34H,1,4,13-14H2,2H3,(H,29,35)/t21-/m0/s1. The van der Waals surface area contributed by atoms with E-state index in [0.29, 0.717) is 6.07 Å². The number of carbonyl (C=O) groups excluding carboxylic acids is 2. The summed E-state index contributed by atoms with van der Waals surface area (Å²) in [4.78, 5) is 40.5. The molecule has 0 unspecified atom stereocenters. The van der Waals surface area contributed by atoms with Crippen LogP contribution in [0.15, 0.2) is 72.2 Å². The number of hydrogen-bond acceptors (Lipinski definition) is 5. The second-order valence-electron chi connectivity index (χ2n) is 8.16. The summed E-state index contributed by atoms with van der Waals surface area (Å²) in [6, 6.07) is 12.2. The molecular formula is C26H24F2N4O4. The van der Waals surface area contributed by atoms with Crippen molar-refractivity contribution in [1.82, 2.24) is 14.9 Å². The Bertz CT molecular complexity index is 1390. The van der Waals surface area contributed by atoms with Crippen LogP contribution in [0.5, 0.6) is 5.75 Å². The summed E-state index contributed by atoms with van der Waals surface area (Å²) in [7, 11) is 0. The summed E-state index contributed by atoms with van der Waals surface area (Å²) in [6.07, 6.45) is 2.10. The molecule has 0 bridgehead atoms. The number of amides is 2. The van der Waals surface area contributed by atoms with Crippen LogP contribution in [0, 0.1) is 11.6 Å². The summed E-state index contributed by atoms with van der Waals surface area (Å²) >= 11 is 0. The minimum atomic E-state index is -1.04. The molecule has 1 atom stereocenters. The fourth-order valence-corrected chi connectivity index (χ4v) is 4.15. The first-order valence-corrected chi connectivity index (χ1v) is 11.2. The highest BCUT2D eigenvalue weighted by Gasteiger charge is 2.38. The number of halogens is 2. The molecule has 1 aliphatic heterocycles. The number of aromatic nitrogens is 1. The first-order valence-electron chi connectivity index (χ1n) is 11.2. The molecule has 3 aromatic rings. The highest BCUT2D eigenvalue weighted by atomic mass is 19.1. The van der Waals surface area contributed by atoms with Crippen LogP contribution in [0.25, 0.3) is 0 Å². The van der Waals surface area contributed by atoms with Gasteiger partial charge in [0.15, 0.2) is 11.4 Å². The van der Waals surface area contributed by atoms with Crippen LogP contribution in [0.3, 0.4) is 0 Å². The Morgan fingerprint density at radius 2 is 1.89 bits per heavy atom. The van der Waals surface area contributed by atoms with E-state index >= 15 is 0 Å². The van der Waals surface area contributed by atoms with Crippen molar-refractivity contribution < 1.29 is 23.5 Å². The second kappa shape index (κ2) is 10.0. The van der Waals surface area contributed by atoms with Gasteiger partial charge >= 0.3 is 0 Å². The Labute approximate surface area is 205 Å².